The van der Waals surface area contributed by atoms with E-state index < -0.39 is 6.36 Å². The number of anilines is 1. The van der Waals surface area contributed by atoms with Crippen LogP contribution in [0.2, 0.25) is 0 Å². The van der Waals surface area contributed by atoms with E-state index in [1.54, 1.807) is 12.1 Å². The smallest absolute Gasteiger partial charge is 0.404 e. The van der Waals surface area contributed by atoms with Crippen molar-refractivity contribution in [1.29, 1.82) is 0 Å². The van der Waals surface area contributed by atoms with Gasteiger partial charge in [0.25, 0.3) is 0 Å². The minimum Gasteiger partial charge on any atom is -0.404 e. The number of hydrogen-bond donors (Lipinski definition) is 1. The second kappa shape index (κ2) is 5.86. The number of alkyl halides is 3. The molecule has 0 saturated carbocycles. The Balaban J connectivity index is 2.07. The molecule has 106 valence electrons. The summed E-state index contributed by atoms with van der Waals surface area (Å²) in [7, 11) is 0. The van der Waals surface area contributed by atoms with E-state index >= 15 is 0 Å². The third-order valence-corrected chi connectivity index (χ3v) is 2.72. The molecule has 0 radical (unpaired) electrons. The summed E-state index contributed by atoms with van der Waals surface area (Å²) in [6.07, 6.45) is -4.69. The van der Waals surface area contributed by atoms with Crippen LogP contribution in [-0.4, -0.2) is 6.36 Å². The first kappa shape index (κ1) is 14.2. The molecule has 20 heavy (non-hydrogen) atoms. The van der Waals surface area contributed by atoms with Crippen molar-refractivity contribution >= 4 is 5.69 Å². The number of halogens is 3. The van der Waals surface area contributed by atoms with E-state index in [1.165, 1.54) is 12.1 Å². The van der Waals surface area contributed by atoms with Crippen LogP contribution in [-0.2, 0) is 6.54 Å². The number of para-hydroxylation sites is 2. The third-order valence-electron chi connectivity index (χ3n) is 2.72. The van der Waals surface area contributed by atoms with Crippen LogP contribution < -0.4 is 10.1 Å². The lowest BCUT2D eigenvalue weighted by atomic mass is 10.1. The lowest BCUT2D eigenvalue weighted by Gasteiger charge is -2.14. The Morgan fingerprint density at radius 3 is 2.30 bits per heavy atom. The molecule has 2 aromatic rings. The summed E-state index contributed by atoms with van der Waals surface area (Å²) in [5.74, 6) is -0.230. The first-order valence-electron chi connectivity index (χ1n) is 6.08. The highest BCUT2D eigenvalue weighted by atomic mass is 19.4. The van der Waals surface area contributed by atoms with E-state index in [2.05, 4.69) is 10.1 Å². The van der Waals surface area contributed by atoms with Crippen molar-refractivity contribution in [2.24, 2.45) is 0 Å². The van der Waals surface area contributed by atoms with Gasteiger partial charge in [0.05, 0.1) is 5.69 Å². The van der Waals surface area contributed by atoms with Gasteiger partial charge in [-0.1, -0.05) is 42.0 Å². The van der Waals surface area contributed by atoms with Gasteiger partial charge >= 0.3 is 6.36 Å². The second-order valence-corrected chi connectivity index (χ2v) is 4.38. The molecule has 0 aliphatic rings. The monoisotopic (exact) mass is 281 g/mol. The summed E-state index contributed by atoms with van der Waals surface area (Å²) < 4.78 is 40.8. The van der Waals surface area contributed by atoms with Crippen LogP contribution in [0.4, 0.5) is 18.9 Å². The standard InChI is InChI=1S/C15H14F3NO/c1-11-6-8-12(9-7-11)10-19-13-4-2-3-5-14(13)20-15(16,17)18/h2-9,19H,10H2,1H3. The van der Waals surface area contributed by atoms with E-state index in [9.17, 15) is 13.2 Å². The number of benzene rings is 2. The van der Waals surface area contributed by atoms with Crippen LogP contribution in [0, 0.1) is 6.92 Å². The molecule has 0 atom stereocenters. The third kappa shape index (κ3) is 4.19. The van der Waals surface area contributed by atoms with Crippen LogP contribution in [0.25, 0.3) is 0 Å². The van der Waals surface area contributed by atoms with Gasteiger partial charge in [-0.15, -0.1) is 13.2 Å². The Bertz CT molecular complexity index is 564. The van der Waals surface area contributed by atoms with Crippen LogP contribution >= 0.6 is 0 Å². The molecule has 0 amide bonds. The van der Waals surface area contributed by atoms with Gasteiger partial charge in [-0.2, -0.15) is 0 Å². The Morgan fingerprint density at radius 2 is 1.65 bits per heavy atom. The quantitative estimate of drug-likeness (QED) is 0.890. The van der Waals surface area contributed by atoms with Crippen molar-refractivity contribution in [2.75, 3.05) is 5.32 Å². The highest BCUT2D eigenvalue weighted by Crippen LogP contribution is 2.30. The molecule has 2 nitrogen and oxygen atoms in total. The number of ether oxygens (including phenoxy) is 1. The maximum Gasteiger partial charge on any atom is 0.573 e. The number of hydrogen-bond acceptors (Lipinski definition) is 2. The molecule has 0 fully saturated rings. The maximum atomic E-state index is 12.3. The molecule has 0 bridgehead atoms. The van der Waals surface area contributed by atoms with E-state index in [-0.39, 0.29) is 5.75 Å². The number of nitrogens with one attached hydrogen (secondary N) is 1. The van der Waals surface area contributed by atoms with Crippen molar-refractivity contribution < 1.29 is 17.9 Å². The molecule has 5 heteroatoms. The molecule has 0 saturated heterocycles. The first-order chi connectivity index (χ1) is 9.44. The molecule has 0 aliphatic carbocycles. The van der Waals surface area contributed by atoms with Crippen molar-refractivity contribution in [1.82, 2.24) is 0 Å². The first-order valence-corrected chi connectivity index (χ1v) is 6.08. The predicted octanol–water partition coefficient (Wildman–Crippen LogP) is 4.51. The predicted molar refractivity (Wildman–Crippen MR) is 71.6 cm³/mol. The van der Waals surface area contributed by atoms with E-state index in [4.69, 9.17) is 0 Å². The summed E-state index contributed by atoms with van der Waals surface area (Å²) in [4.78, 5) is 0. The Hall–Kier alpha value is -2.17. The maximum absolute atomic E-state index is 12.3. The fraction of sp³-hybridized carbons (Fsp3) is 0.200. The SMILES string of the molecule is Cc1ccc(CNc2ccccc2OC(F)(F)F)cc1. The van der Waals surface area contributed by atoms with Crippen molar-refractivity contribution in [2.45, 2.75) is 19.8 Å². The zero-order chi connectivity index (χ0) is 14.6. The number of aryl methyl sites for hydroxylation is 1. The van der Waals surface area contributed by atoms with E-state index in [1.807, 2.05) is 31.2 Å². The van der Waals surface area contributed by atoms with E-state index in [0.717, 1.165) is 11.1 Å². The van der Waals surface area contributed by atoms with Crippen LogP contribution in [0.15, 0.2) is 48.5 Å². The lowest BCUT2D eigenvalue weighted by molar-refractivity contribution is -0.274. The minimum absolute atomic E-state index is 0.230. The molecule has 2 rings (SSSR count). The molecule has 0 aliphatic heterocycles. The normalized spacial score (nSPS) is 11.2. The fourth-order valence-corrected chi connectivity index (χ4v) is 1.73. The Morgan fingerprint density at radius 1 is 1.00 bits per heavy atom. The van der Waals surface area contributed by atoms with Gasteiger partial charge in [-0.05, 0) is 24.6 Å². The van der Waals surface area contributed by atoms with Crippen LogP contribution in [0.5, 0.6) is 5.75 Å². The van der Waals surface area contributed by atoms with Gasteiger partial charge in [0.2, 0.25) is 0 Å². The van der Waals surface area contributed by atoms with Crippen molar-refractivity contribution in [3.8, 4) is 5.75 Å². The average Bonchev–Trinajstić information content (AvgIpc) is 2.38. The second-order valence-electron chi connectivity index (χ2n) is 4.38. The van der Waals surface area contributed by atoms with Gasteiger partial charge < -0.3 is 10.1 Å². The van der Waals surface area contributed by atoms with Gasteiger partial charge in [-0.25, -0.2) is 0 Å². The summed E-state index contributed by atoms with van der Waals surface area (Å²) in [5.41, 5.74) is 2.43. The zero-order valence-electron chi connectivity index (χ0n) is 10.9. The molecule has 0 aromatic heterocycles. The highest BCUT2D eigenvalue weighted by molar-refractivity contribution is 5.56. The van der Waals surface area contributed by atoms with Crippen molar-refractivity contribution in [3.63, 3.8) is 0 Å². The summed E-state index contributed by atoms with van der Waals surface area (Å²) in [6, 6.07) is 13.7. The minimum atomic E-state index is -4.69. The molecular formula is C15H14F3NO. The largest absolute Gasteiger partial charge is 0.573 e. The van der Waals surface area contributed by atoms with Gasteiger partial charge in [0, 0.05) is 6.54 Å². The lowest BCUT2D eigenvalue weighted by Crippen LogP contribution is -2.18. The van der Waals surface area contributed by atoms with Crippen molar-refractivity contribution in [3.05, 3.63) is 59.7 Å². The van der Waals surface area contributed by atoms with Crippen LogP contribution in [0.3, 0.4) is 0 Å². The molecular weight excluding hydrogens is 267 g/mol. The molecule has 2 aromatic carbocycles. The summed E-state index contributed by atoms with van der Waals surface area (Å²) in [6.45, 7) is 2.40. The van der Waals surface area contributed by atoms with Crippen LogP contribution in [0.1, 0.15) is 11.1 Å². The molecule has 0 heterocycles. The topological polar surface area (TPSA) is 21.3 Å². The average molecular weight is 281 g/mol. The molecule has 1 N–H and O–H groups in total. The number of rotatable bonds is 4. The summed E-state index contributed by atoms with van der Waals surface area (Å²) >= 11 is 0. The Labute approximate surface area is 115 Å². The highest BCUT2D eigenvalue weighted by Gasteiger charge is 2.31. The Kier molecular flexibility index (Phi) is 4.17. The summed E-state index contributed by atoms with van der Waals surface area (Å²) in [5, 5.41) is 2.95. The molecule has 0 spiro atoms. The van der Waals surface area contributed by atoms with Gasteiger partial charge in [0.1, 0.15) is 0 Å². The zero-order valence-corrected chi connectivity index (χ0v) is 10.9. The van der Waals surface area contributed by atoms with Gasteiger partial charge in [-0.3, -0.25) is 0 Å². The molecule has 0 unspecified atom stereocenters. The van der Waals surface area contributed by atoms with E-state index in [0.29, 0.717) is 12.2 Å². The van der Waals surface area contributed by atoms with Gasteiger partial charge in [0.15, 0.2) is 5.75 Å². The fourth-order valence-electron chi connectivity index (χ4n) is 1.73.